The van der Waals surface area contributed by atoms with Crippen molar-refractivity contribution >= 4 is 11.9 Å². The van der Waals surface area contributed by atoms with E-state index in [-0.39, 0.29) is 23.2 Å². The van der Waals surface area contributed by atoms with Crippen LogP contribution >= 0.6 is 0 Å². The van der Waals surface area contributed by atoms with E-state index in [1.54, 1.807) is 0 Å². The summed E-state index contributed by atoms with van der Waals surface area (Å²) in [5, 5.41) is 10.8. The molecule has 1 saturated heterocycles. The number of nitrogens with zero attached hydrogens (tertiary/aromatic N) is 1. The summed E-state index contributed by atoms with van der Waals surface area (Å²) in [6, 6.07) is 25.8. The highest BCUT2D eigenvalue weighted by Crippen LogP contribution is 2.61. The fourth-order valence-electron chi connectivity index (χ4n) is 7.65. The van der Waals surface area contributed by atoms with Gasteiger partial charge in [-0.1, -0.05) is 91.4 Å². The minimum atomic E-state index is -0.635. The Hall–Kier alpha value is -3.70. The topological polar surface area (TPSA) is 66.8 Å². The number of aliphatic hydroxyl groups excluding tert-OH is 1. The van der Waals surface area contributed by atoms with E-state index in [1.807, 2.05) is 71.6 Å². The Morgan fingerprint density at radius 1 is 1.00 bits per heavy atom. The second kappa shape index (κ2) is 11.5. The number of hydrogen-bond acceptors (Lipinski definition) is 4. The van der Waals surface area contributed by atoms with Crippen LogP contribution in [0.25, 0.3) is 0 Å². The summed E-state index contributed by atoms with van der Waals surface area (Å²) in [5.74, 6) is 0.0439. The van der Waals surface area contributed by atoms with E-state index < -0.39 is 11.7 Å². The zero-order chi connectivity index (χ0) is 29.3. The van der Waals surface area contributed by atoms with Crippen LogP contribution in [-0.2, 0) is 17.7 Å². The van der Waals surface area contributed by atoms with Crippen LogP contribution in [0.3, 0.4) is 0 Å². The number of carbonyl (C=O) groups is 2. The molecule has 7 rings (SSSR count). The van der Waals surface area contributed by atoms with Gasteiger partial charge >= 0.3 is 6.09 Å². The van der Waals surface area contributed by atoms with Gasteiger partial charge in [-0.25, -0.2) is 4.79 Å². The molecule has 1 heterocycles. The molecule has 42 heavy (non-hydrogen) atoms. The Bertz CT molecular complexity index is 1480. The van der Waals surface area contributed by atoms with E-state index in [1.165, 1.54) is 5.57 Å². The van der Waals surface area contributed by atoms with Gasteiger partial charge in [0, 0.05) is 23.1 Å². The minimum absolute atomic E-state index is 0.00203. The highest BCUT2D eigenvalue weighted by atomic mass is 16.6. The van der Waals surface area contributed by atoms with Crippen molar-refractivity contribution in [2.45, 2.75) is 83.0 Å². The number of ether oxygens (including phenoxy) is 1. The van der Waals surface area contributed by atoms with Crippen molar-refractivity contribution in [1.82, 2.24) is 4.90 Å². The number of fused-ring (bicyclic) bond motifs is 8. The van der Waals surface area contributed by atoms with Crippen LogP contribution in [-0.4, -0.2) is 40.1 Å². The van der Waals surface area contributed by atoms with Crippen LogP contribution in [0.5, 0.6) is 0 Å². The van der Waals surface area contributed by atoms with Gasteiger partial charge in [-0.2, -0.15) is 0 Å². The van der Waals surface area contributed by atoms with Gasteiger partial charge in [0.2, 0.25) is 0 Å². The van der Waals surface area contributed by atoms with Crippen molar-refractivity contribution in [2.75, 3.05) is 6.54 Å². The Balaban J connectivity index is 1.43. The molecule has 2 fully saturated rings. The largest absolute Gasteiger partial charge is 0.440 e. The van der Waals surface area contributed by atoms with E-state index in [2.05, 4.69) is 32.1 Å². The van der Waals surface area contributed by atoms with Crippen molar-refractivity contribution in [3.8, 4) is 0 Å². The standard InChI is InChI=1S/C37H41NO4/c1-26-10-9-20-36(2)33(19-21-37(36)25-38(35(41)42-37)24-27-11-5-3-6-12-27)31-18-16-28(22-30(39)17-15-26)23-32(31)34(40)29-13-7-4-8-14-29/h3-8,10-14,16,18,23,30,33,39H,9,15,17,19-22,24-25H2,1-2H3/t30-,33-,36-,37+/m0/s1. The number of benzene rings is 3. The Kier molecular flexibility index (Phi) is 7.80. The van der Waals surface area contributed by atoms with Crippen LogP contribution in [0.1, 0.15) is 90.9 Å². The molecule has 2 bridgehead atoms. The molecule has 3 aromatic rings. The maximum absolute atomic E-state index is 14.1. The first-order chi connectivity index (χ1) is 20.3. The molecule has 4 aliphatic rings. The zero-order valence-corrected chi connectivity index (χ0v) is 24.7. The first-order valence-electron chi connectivity index (χ1n) is 15.4. The van der Waals surface area contributed by atoms with E-state index in [9.17, 15) is 14.7 Å². The number of allylic oxidation sites excluding steroid dienone is 2. The molecular weight excluding hydrogens is 522 g/mol. The lowest BCUT2D eigenvalue weighted by atomic mass is 9.64. The summed E-state index contributed by atoms with van der Waals surface area (Å²) < 4.78 is 6.45. The Morgan fingerprint density at radius 3 is 2.50 bits per heavy atom. The summed E-state index contributed by atoms with van der Waals surface area (Å²) in [5.41, 5.74) is 4.72. The predicted octanol–water partition coefficient (Wildman–Crippen LogP) is 7.62. The predicted molar refractivity (Wildman–Crippen MR) is 164 cm³/mol. The maximum atomic E-state index is 14.1. The normalized spacial score (nSPS) is 27.8. The molecule has 0 radical (unpaired) electrons. The van der Waals surface area contributed by atoms with Crippen LogP contribution in [0.4, 0.5) is 4.79 Å². The third-order valence-corrected chi connectivity index (χ3v) is 10.1. The van der Waals surface area contributed by atoms with Crippen molar-refractivity contribution in [3.63, 3.8) is 0 Å². The number of amides is 1. The number of rotatable bonds is 4. The maximum Gasteiger partial charge on any atom is 0.410 e. The van der Waals surface area contributed by atoms with Gasteiger partial charge in [0.15, 0.2) is 5.78 Å². The molecule has 4 atom stereocenters. The van der Waals surface area contributed by atoms with Crippen molar-refractivity contribution < 1.29 is 19.4 Å². The van der Waals surface area contributed by atoms with Crippen LogP contribution < -0.4 is 0 Å². The molecule has 1 aliphatic heterocycles. The monoisotopic (exact) mass is 563 g/mol. The van der Waals surface area contributed by atoms with Crippen LogP contribution in [0.2, 0.25) is 0 Å². The minimum Gasteiger partial charge on any atom is -0.440 e. The van der Waals surface area contributed by atoms with E-state index in [4.69, 9.17) is 4.74 Å². The van der Waals surface area contributed by atoms with Gasteiger partial charge in [0.05, 0.1) is 12.6 Å². The van der Waals surface area contributed by atoms with Gasteiger partial charge < -0.3 is 9.84 Å². The van der Waals surface area contributed by atoms with Gasteiger partial charge in [-0.05, 0) is 80.5 Å². The smallest absolute Gasteiger partial charge is 0.410 e. The third kappa shape index (κ3) is 5.31. The number of aliphatic hydroxyl groups is 1. The molecule has 1 amide bonds. The summed E-state index contributed by atoms with van der Waals surface area (Å²) >= 11 is 0. The van der Waals surface area contributed by atoms with Gasteiger partial charge in [0.25, 0.3) is 0 Å². The zero-order valence-electron chi connectivity index (χ0n) is 24.7. The molecule has 1 spiro atoms. The lowest BCUT2D eigenvalue weighted by Crippen LogP contribution is -2.48. The fraction of sp³-hybridized carbons (Fsp3) is 0.405. The van der Waals surface area contributed by atoms with E-state index in [0.717, 1.165) is 48.8 Å². The summed E-state index contributed by atoms with van der Waals surface area (Å²) in [4.78, 5) is 29.3. The Morgan fingerprint density at radius 2 is 1.74 bits per heavy atom. The first-order valence-corrected chi connectivity index (χ1v) is 15.4. The highest BCUT2D eigenvalue weighted by molar-refractivity contribution is 6.10. The van der Waals surface area contributed by atoms with E-state index in [0.29, 0.717) is 37.1 Å². The summed E-state index contributed by atoms with van der Waals surface area (Å²) in [7, 11) is 0. The molecule has 3 aromatic carbocycles. The molecule has 1 N–H and O–H groups in total. The van der Waals surface area contributed by atoms with E-state index >= 15 is 0 Å². The van der Waals surface area contributed by atoms with Crippen LogP contribution in [0.15, 0.2) is 90.5 Å². The third-order valence-electron chi connectivity index (χ3n) is 10.1. The molecule has 5 nitrogen and oxygen atoms in total. The fourth-order valence-corrected chi connectivity index (χ4v) is 7.65. The lowest BCUT2D eigenvalue weighted by Gasteiger charge is -2.43. The molecule has 3 aliphatic carbocycles. The molecule has 5 heteroatoms. The Labute approximate surface area is 249 Å². The van der Waals surface area contributed by atoms with Gasteiger partial charge in [-0.15, -0.1) is 0 Å². The second-order valence-electron chi connectivity index (χ2n) is 12.8. The van der Waals surface area contributed by atoms with Gasteiger partial charge in [-0.3, -0.25) is 9.69 Å². The molecule has 0 unspecified atom stereocenters. The molecule has 1 saturated carbocycles. The average molecular weight is 564 g/mol. The molecular formula is C37H41NO4. The second-order valence-corrected chi connectivity index (χ2v) is 12.8. The summed E-state index contributed by atoms with van der Waals surface area (Å²) in [6.07, 6.45) is 6.89. The quantitative estimate of drug-likeness (QED) is 0.262. The van der Waals surface area contributed by atoms with Crippen molar-refractivity contribution in [1.29, 1.82) is 0 Å². The molecule has 0 aromatic heterocycles. The van der Waals surface area contributed by atoms with Crippen molar-refractivity contribution in [2.24, 2.45) is 5.41 Å². The molecule has 218 valence electrons. The van der Waals surface area contributed by atoms with Crippen molar-refractivity contribution in [3.05, 3.63) is 118 Å². The average Bonchev–Trinajstić information content (AvgIpc) is 3.46. The van der Waals surface area contributed by atoms with Crippen LogP contribution in [0, 0.1) is 5.41 Å². The highest BCUT2D eigenvalue weighted by Gasteiger charge is 2.63. The number of carbonyl (C=O) groups excluding carboxylic acids is 2. The number of ketones is 1. The summed E-state index contributed by atoms with van der Waals surface area (Å²) in [6.45, 7) is 5.50. The lowest BCUT2D eigenvalue weighted by molar-refractivity contribution is -0.0373. The van der Waals surface area contributed by atoms with Gasteiger partial charge in [0.1, 0.15) is 5.60 Å². The number of hydrogen-bond donors (Lipinski definition) is 1. The first kappa shape index (κ1) is 28.4. The SMILES string of the molecule is CC1=CCC[C@@]2(C)[C@@H](CC[C@@]23CN(Cc2ccccc2)C(=O)O3)c2ccc(cc2C(=O)c2ccccc2)C[C@@H](O)CC1.